The molecule has 1 aliphatic rings. The van der Waals surface area contributed by atoms with Gasteiger partial charge in [-0.25, -0.2) is 0 Å². The van der Waals surface area contributed by atoms with E-state index in [1.807, 2.05) is 6.20 Å². The predicted octanol–water partition coefficient (Wildman–Crippen LogP) is 0.761. The molecule has 0 bridgehead atoms. The van der Waals surface area contributed by atoms with Crippen LogP contribution in [-0.2, 0) is 17.8 Å². The van der Waals surface area contributed by atoms with Crippen molar-refractivity contribution in [3.63, 3.8) is 0 Å². The van der Waals surface area contributed by atoms with E-state index in [-0.39, 0.29) is 0 Å². The van der Waals surface area contributed by atoms with Crippen LogP contribution < -0.4 is 5.73 Å². The maximum atomic E-state index is 5.58. The summed E-state index contributed by atoms with van der Waals surface area (Å²) < 4.78 is 5.52. The van der Waals surface area contributed by atoms with Gasteiger partial charge in [-0.15, -0.1) is 0 Å². The molecule has 0 amide bonds. The second-order valence-corrected chi connectivity index (χ2v) is 4.28. The first kappa shape index (κ1) is 11.5. The Hall–Kier alpha value is -0.970. The normalized spacial score (nSPS) is 22.2. The first-order chi connectivity index (χ1) is 7.78. The average molecular weight is 221 g/mol. The first-order valence-corrected chi connectivity index (χ1v) is 5.76. The highest BCUT2D eigenvalue weighted by Crippen LogP contribution is 2.10. The van der Waals surface area contributed by atoms with Gasteiger partial charge in [-0.05, 0) is 24.6 Å². The van der Waals surface area contributed by atoms with Gasteiger partial charge in [0.2, 0.25) is 0 Å². The van der Waals surface area contributed by atoms with Gasteiger partial charge in [0.15, 0.2) is 0 Å². The van der Waals surface area contributed by atoms with Crippen molar-refractivity contribution in [1.82, 2.24) is 9.88 Å². The molecule has 1 aromatic rings. The van der Waals surface area contributed by atoms with E-state index >= 15 is 0 Å². The molecule has 1 aliphatic heterocycles. The van der Waals surface area contributed by atoms with E-state index in [0.29, 0.717) is 12.6 Å². The molecule has 2 heterocycles. The standard InChI is InChI=1S/C12H19N3O/c1-10-8-15(4-5-16-10)9-11-2-3-14-12(6-11)7-13/h2-3,6,10H,4-5,7-9,13H2,1H3. The summed E-state index contributed by atoms with van der Waals surface area (Å²) in [6.45, 7) is 6.42. The summed E-state index contributed by atoms with van der Waals surface area (Å²) in [6, 6.07) is 4.14. The minimum absolute atomic E-state index is 0.338. The van der Waals surface area contributed by atoms with Gasteiger partial charge in [0, 0.05) is 32.4 Å². The molecule has 2 N–H and O–H groups in total. The van der Waals surface area contributed by atoms with E-state index in [9.17, 15) is 0 Å². The lowest BCUT2D eigenvalue weighted by Gasteiger charge is -2.31. The zero-order valence-corrected chi connectivity index (χ0v) is 9.72. The summed E-state index contributed by atoms with van der Waals surface area (Å²) >= 11 is 0. The van der Waals surface area contributed by atoms with Crippen LogP contribution in [0.3, 0.4) is 0 Å². The van der Waals surface area contributed by atoms with Crippen molar-refractivity contribution in [2.45, 2.75) is 26.1 Å². The molecule has 1 atom stereocenters. The number of hydrogen-bond acceptors (Lipinski definition) is 4. The Balaban J connectivity index is 1.97. The van der Waals surface area contributed by atoms with Crippen LogP contribution in [0.4, 0.5) is 0 Å². The smallest absolute Gasteiger partial charge is 0.0674 e. The number of ether oxygens (including phenoxy) is 1. The molecular weight excluding hydrogens is 202 g/mol. The summed E-state index contributed by atoms with van der Waals surface area (Å²) in [4.78, 5) is 6.60. The highest BCUT2D eigenvalue weighted by atomic mass is 16.5. The molecule has 0 radical (unpaired) electrons. The molecule has 0 spiro atoms. The Morgan fingerprint density at radius 1 is 1.62 bits per heavy atom. The summed E-state index contributed by atoms with van der Waals surface area (Å²) in [5.41, 5.74) is 7.82. The Morgan fingerprint density at radius 2 is 2.50 bits per heavy atom. The van der Waals surface area contributed by atoms with Gasteiger partial charge in [-0.1, -0.05) is 0 Å². The first-order valence-electron chi connectivity index (χ1n) is 5.76. The lowest BCUT2D eigenvalue weighted by atomic mass is 10.2. The maximum absolute atomic E-state index is 5.58. The fourth-order valence-corrected chi connectivity index (χ4v) is 2.03. The number of rotatable bonds is 3. The molecule has 1 fully saturated rings. The van der Waals surface area contributed by atoms with Gasteiger partial charge in [-0.2, -0.15) is 0 Å². The van der Waals surface area contributed by atoms with Gasteiger partial charge in [0.1, 0.15) is 0 Å². The number of nitrogens with two attached hydrogens (primary N) is 1. The van der Waals surface area contributed by atoms with Crippen LogP contribution >= 0.6 is 0 Å². The molecule has 0 saturated carbocycles. The van der Waals surface area contributed by atoms with Crippen LogP contribution in [0.1, 0.15) is 18.2 Å². The highest BCUT2D eigenvalue weighted by molar-refractivity contribution is 5.16. The largest absolute Gasteiger partial charge is 0.376 e. The van der Waals surface area contributed by atoms with Crippen molar-refractivity contribution in [1.29, 1.82) is 0 Å². The molecule has 1 aromatic heterocycles. The summed E-state index contributed by atoms with van der Waals surface area (Å²) in [5, 5.41) is 0. The third-order valence-electron chi connectivity index (χ3n) is 2.82. The minimum Gasteiger partial charge on any atom is -0.376 e. The second kappa shape index (κ2) is 5.39. The van der Waals surface area contributed by atoms with E-state index in [1.54, 1.807) is 0 Å². The molecule has 2 rings (SSSR count). The topological polar surface area (TPSA) is 51.4 Å². The summed E-state index contributed by atoms with van der Waals surface area (Å²) in [7, 11) is 0. The molecule has 88 valence electrons. The van der Waals surface area contributed by atoms with E-state index < -0.39 is 0 Å². The third-order valence-corrected chi connectivity index (χ3v) is 2.82. The van der Waals surface area contributed by atoms with Crippen LogP contribution in [0.25, 0.3) is 0 Å². The van der Waals surface area contributed by atoms with Gasteiger partial charge < -0.3 is 10.5 Å². The number of aromatic nitrogens is 1. The van der Waals surface area contributed by atoms with Crippen molar-refractivity contribution < 1.29 is 4.74 Å². The van der Waals surface area contributed by atoms with Crippen LogP contribution in [0.2, 0.25) is 0 Å². The molecule has 4 heteroatoms. The van der Waals surface area contributed by atoms with Gasteiger partial charge >= 0.3 is 0 Å². The molecular formula is C12H19N3O. The van der Waals surface area contributed by atoms with Crippen molar-refractivity contribution >= 4 is 0 Å². The quantitative estimate of drug-likeness (QED) is 0.818. The molecule has 1 unspecified atom stereocenters. The number of nitrogens with zero attached hydrogens (tertiary/aromatic N) is 2. The van der Waals surface area contributed by atoms with E-state index in [0.717, 1.165) is 31.9 Å². The molecule has 0 aliphatic carbocycles. The van der Waals surface area contributed by atoms with Crippen molar-refractivity contribution in [2.24, 2.45) is 5.73 Å². The van der Waals surface area contributed by atoms with Crippen molar-refractivity contribution in [2.75, 3.05) is 19.7 Å². The lowest BCUT2D eigenvalue weighted by molar-refractivity contribution is -0.0212. The number of morpholine rings is 1. The van der Waals surface area contributed by atoms with Gasteiger partial charge in [0.05, 0.1) is 18.4 Å². The molecule has 0 aromatic carbocycles. The highest BCUT2D eigenvalue weighted by Gasteiger charge is 2.16. The number of hydrogen-bond donors (Lipinski definition) is 1. The van der Waals surface area contributed by atoms with Crippen LogP contribution in [-0.4, -0.2) is 35.7 Å². The van der Waals surface area contributed by atoms with Gasteiger partial charge in [0.25, 0.3) is 0 Å². The van der Waals surface area contributed by atoms with Crippen LogP contribution in [0.15, 0.2) is 18.3 Å². The fraction of sp³-hybridized carbons (Fsp3) is 0.583. The second-order valence-electron chi connectivity index (χ2n) is 4.28. The monoisotopic (exact) mass is 221 g/mol. The Morgan fingerprint density at radius 3 is 3.25 bits per heavy atom. The molecule has 4 nitrogen and oxygen atoms in total. The lowest BCUT2D eigenvalue weighted by Crippen LogP contribution is -2.40. The Kier molecular flexibility index (Phi) is 3.88. The third kappa shape index (κ3) is 3.01. The van der Waals surface area contributed by atoms with Crippen molar-refractivity contribution in [3.8, 4) is 0 Å². The molecule has 1 saturated heterocycles. The van der Waals surface area contributed by atoms with E-state index in [1.165, 1.54) is 5.56 Å². The SMILES string of the molecule is CC1CN(Cc2ccnc(CN)c2)CCO1. The molecule has 16 heavy (non-hydrogen) atoms. The predicted molar refractivity (Wildman–Crippen MR) is 62.8 cm³/mol. The maximum Gasteiger partial charge on any atom is 0.0674 e. The van der Waals surface area contributed by atoms with Crippen LogP contribution in [0.5, 0.6) is 0 Å². The van der Waals surface area contributed by atoms with Crippen LogP contribution in [0, 0.1) is 0 Å². The fourth-order valence-electron chi connectivity index (χ4n) is 2.03. The minimum atomic E-state index is 0.338. The van der Waals surface area contributed by atoms with Gasteiger partial charge in [-0.3, -0.25) is 9.88 Å². The Labute approximate surface area is 96.4 Å². The zero-order valence-electron chi connectivity index (χ0n) is 9.72. The Bertz CT molecular complexity index is 343. The average Bonchev–Trinajstić information content (AvgIpc) is 2.29. The summed E-state index contributed by atoms with van der Waals surface area (Å²) in [6.07, 6.45) is 2.17. The van der Waals surface area contributed by atoms with E-state index in [2.05, 4.69) is 28.9 Å². The summed E-state index contributed by atoms with van der Waals surface area (Å²) in [5.74, 6) is 0. The van der Waals surface area contributed by atoms with Crippen molar-refractivity contribution in [3.05, 3.63) is 29.6 Å². The van der Waals surface area contributed by atoms with E-state index in [4.69, 9.17) is 10.5 Å². The zero-order chi connectivity index (χ0) is 11.4. The number of pyridine rings is 1.